The molecule has 1 aromatic rings. The van der Waals surface area contributed by atoms with Gasteiger partial charge in [0.05, 0.1) is 5.60 Å². The highest BCUT2D eigenvalue weighted by Gasteiger charge is 2.39. The molecule has 0 fully saturated rings. The zero-order valence-electron chi connectivity index (χ0n) is 16.2. The van der Waals surface area contributed by atoms with Gasteiger partial charge in [-0.3, -0.25) is 0 Å². The highest BCUT2D eigenvalue weighted by atomic mass is 16.3. The van der Waals surface area contributed by atoms with Gasteiger partial charge in [0.25, 0.3) is 0 Å². The van der Waals surface area contributed by atoms with E-state index in [1.165, 1.54) is 11.1 Å². The van der Waals surface area contributed by atoms with Crippen molar-refractivity contribution in [3.63, 3.8) is 0 Å². The summed E-state index contributed by atoms with van der Waals surface area (Å²) in [5, 5.41) is 10.6. The van der Waals surface area contributed by atoms with Crippen LogP contribution in [0, 0.1) is 5.41 Å². The van der Waals surface area contributed by atoms with Crippen LogP contribution in [-0.2, 0) is 10.8 Å². The van der Waals surface area contributed by atoms with E-state index in [9.17, 15) is 5.11 Å². The van der Waals surface area contributed by atoms with Crippen LogP contribution in [0.1, 0.15) is 86.3 Å². The summed E-state index contributed by atoms with van der Waals surface area (Å²) in [5.74, 6) is 0. The summed E-state index contributed by atoms with van der Waals surface area (Å²) in [6.45, 7) is 19.7. The average Bonchev–Trinajstić information content (AvgIpc) is 2.33. The SMILES string of the molecule is CCC(C)(c1ccc(C(C)(C)CC(C)(C)C)cc1)C(C)(C)O. The maximum atomic E-state index is 10.6. The van der Waals surface area contributed by atoms with Gasteiger partial charge in [-0.2, -0.15) is 0 Å². The lowest BCUT2D eigenvalue weighted by atomic mass is 9.67. The highest BCUT2D eigenvalue weighted by molar-refractivity contribution is 5.34. The van der Waals surface area contributed by atoms with Crippen LogP contribution >= 0.6 is 0 Å². The van der Waals surface area contributed by atoms with Gasteiger partial charge in [-0.1, -0.05) is 72.7 Å². The largest absolute Gasteiger partial charge is 0.390 e. The van der Waals surface area contributed by atoms with E-state index in [4.69, 9.17) is 0 Å². The Kier molecular flexibility index (Phi) is 5.24. The van der Waals surface area contributed by atoms with E-state index in [0.717, 1.165) is 12.8 Å². The van der Waals surface area contributed by atoms with Gasteiger partial charge in [0.15, 0.2) is 0 Å². The first-order valence-electron chi connectivity index (χ1n) is 8.56. The molecule has 1 aromatic carbocycles. The van der Waals surface area contributed by atoms with E-state index >= 15 is 0 Å². The Morgan fingerprint density at radius 3 is 1.50 bits per heavy atom. The Morgan fingerprint density at radius 1 is 0.773 bits per heavy atom. The van der Waals surface area contributed by atoms with Gasteiger partial charge >= 0.3 is 0 Å². The lowest BCUT2D eigenvalue weighted by Crippen LogP contribution is -2.44. The van der Waals surface area contributed by atoms with Crippen LogP contribution in [0.15, 0.2) is 24.3 Å². The van der Waals surface area contributed by atoms with Gasteiger partial charge in [0.2, 0.25) is 0 Å². The van der Waals surface area contributed by atoms with E-state index in [1.54, 1.807) is 0 Å². The molecule has 0 heterocycles. The molecule has 0 saturated carbocycles. The second kappa shape index (κ2) is 6.00. The molecule has 0 aliphatic carbocycles. The first-order valence-corrected chi connectivity index (χ1v) is 8.56. The molecule has 126 valence electrons. The van der Waals surface area contributed by atoms with Crippen molar-refractivity contribution in [2.75, 3.05) is 0 Å². The van der Waals surface area contributed by atoms with Crippen LogP contribution in [0.4, 0.5) is 0 Å². The van der Waals surface area contributed by atoms with Gasteiger partial charge in [0.1, 0.15) is 0 Å². The Hall–Kier alpha value is -0.820. The predicted molar refractivity (Wildman–Crippen MR) is 97.5 cm³/mol. The topological polar surface area (TPSA) is 20.2 Å². The molecule has 1 heteroatoms. The molecule has 1 N–H and O–H groups in total. The van der Waals surface area contributed by atoms with Crippen molar-refractivity contribution >= 4 is 0 Å². The molecule has 1 nitrogen and oxygen atoms in total. The first kappa shape index (κ1) is 19.2. The Labute approximate surface area is 138 Å². The van der Waals surface area contributed by atoms with Crippen LogP contribution in [0.5, 0.6) is 0 Å². The van der Waals surface area contributed by atoms with Crippen molar-refractivity contribution in [2.45, 2.75) is 91.6 Å². The zero-order valence-corrected chi connectivity index (χ0v) is 16.2. The molecule has 1 atom stereocenters. The molecule has 0 spiro atoms. The normalized spacial score (nSPS) is 16.5. The fraction of sp³-hybridized carbons (Fsp3) is 0.714. The Bertz CT molecular complexity index is 482. The molecular weight excluding hydrogens is 268 g/mol. The second-order valence-corrected chi connectivity index (χ2v) is 9.44. The summed E-state index contributed by atoms with van der Waals surface area (Å²) in [6, 6.07) is 8.92. The summed E-state index contributed by atoms with van der Waals surface area (Å²) in [7, 11) is 0. The molecule has 1 unspecified atom stereocenters. The number of hydrogen-bond donors (Lipinski definition) is 1. The number of benzene rings is 1. The third kappa shape index (κ3) is 4.13. The van der Waals surface area contributed by atoms with Crippen molar-refractivity contribution in [1.29, 1.82) is 0 Å². The monoisotopic (exact) mass is 304 g/mol. The summed E-state index contributed by atoms with van der Waals surface area (Å²) in [4.78, 5) is 0. The Balaban J connectivity index is 3.15. The van der Waals surface area contributed by atoms with E-state index in [1.807, 2.05) is 13.8 Å². The van der Waals surface area contributed by atoms with Gasteiger partial charge in [-0.25, -0.2) is 0 Å². The number of aliphatic hydroxyl groups is 1. The highest BCUT2D eigenvalue weighted by Crippen LogP contribution is 2.40. The van der Waals surface area contributed by atoms with Crippen molar-refractivity contribution in [1.82, 2.24) is 0 Å². The van der Waals surface area contributed by atoms with Crippen molar-refractivity contribution in [3.05, 3.63) is 35.4 Å². The third-order valence-electron chi connectivity index (χ3n) is 5.33. The summed E-state index contributed by atoms with van der Waals surface area (Å²) >= 11 is 0. The number of hydrogen-bond acceptors (Lipinski definition) is 1. The molecule has 0 radical (unpaired) electrons. The molecular formula is C21H36O. The van der Waals surface area contributed by atoms with Crippen LogP contribution in [-0.4, -0.2) is 10.7 Å². The van der Waals surface area contributed by atoms with E-state index in [2.05, 4.69) is 72.7 Å². The van der Waals surface area contributed by atoms with Gasteiger partial charge in [-0.05, 0) is 48.6 Å². The van der Waals surface area contributed by atoms with Crippen molar-refractivity contribution < 1.29 is 5.11 Å². The molecule has 0 bridgehead atoms. The first-order chi connectivity index (χ1) is 9.73. The summed E-state index contributed by atoms with van der Waals surface area (Å²) < 4.78 is 0. The lowest BCUT2D eigenvalue weighted by Gasteiger charge is -2.41. The van der Waals surface area contributed by atoms with Crippen LogP contribution < -0.4 is 0 Å². The minimum Gasteiger partial charge on any atom is -0.390 e. The molecule has 1 rings (SSSR count). The minimum atomic E-state index is -0.732. The van der Waals surface area contributed by atoms with Crippen LogP contribution in [0.2, 0.25) is 0 Å². The van der Waals surface area contributed by atoms with E-state index in [-0.39, 0.29) is 10.8 Å². The second-order valence-electron chi connectivity index (χ2n) is 9.44. The van der Waals surface area contributed by atoms with E-state index < -0.39 is 5.60 Å². The summed E-state index contributed by atoms with van der Waals surface area (Å²) in [6.07, 6.45) is 2.07. The minimum absolute atomic E-state index is 0.161. The zero-order chi connectivity index (χ0) is 17.4. The van der Waals surface area contributed by atoms with Gasteiger partial charge < -0.3 is 5.11 Å². The standard InChI is InChI=1S/C21H36O/c1-10-21(9,20(7,8)22)17-13-11-16(12-14-17)19(5,6)15-18(2,3)4/h11-14,22H,10,15H2,1-9H3. The molecule has 0 aliphatic heterocycles. The van der Waals surface area contributed by atoms with Crippen molar-refractivity contribution in [2.24, 2.45) is 5.41 Å². The molecule has 0 amide bonds. The van der Waals surface area contributed by atoms with Crippen LogP contribution in [0.3, 0.4) is 0 Å². The maximum absolute atomic E-state index is 10.6. The van der Waals surface area contributed by atoms with Crippen LogP contribution in [0.25, 0.3) is 0 Å². The summed E-state index contributed by atoms with van der Waals surface area (Å²) in [5.41, 5.74) is 2.11. The van der Waals surface area contributed by atoms with E-state index in [0.29, 0.717) is 5.41 Å². The Morgan fingerprint density at radius 2 is 1.18 bits per heavy atom. The number of rotatable bonds is 5. The maximum Gasteiger partial charge on any atom is 0.0685 e. The third-order valence-corrected chi connectivity index (χ3v) is 5.33. The fourth-order valence-corrected chi connectivity index (χ4v) is 3.71. The molecule has 22 heavy (non-hydrogen) atoms. The molecule has 0 aliphatic rings. The van der Waals surface area contributed by atoms with Crippen molar-refractivity contribution in [3.8, 4) is 0 Å². The molecule has 0 saturated heterocycles. The predicted octanol–water partition coefficient (Wildman–Crippen LogP) is 5.84. The average molecular weight is 305 g/mol. The fourth-order valence-electron chi connectivity index (χ4n) is 3.71. The molecule has 0 aromatic heterocycles. The smallest absolute Gasteiger partial charge is 0.0685 e. The quantitative estimate of drug-likeness (QED) is 0.724. The van der Waals surface area contributed by atoms with Gasteiger partial charge in [0, 0.05) is 5.41 Å². The lowest BCUT2D eigenvalue weighted by molar-refractivity contribution is -0.00108. The van der Waals surface area contributed by atoms with Gasteiger partial charge in [-0.15, -0.1) is 0 Å².